The van der Waals surface area contributed by atoms with Gasteiger partial charge in [0.15, 0.2) is 11.6 Å². The van der Waals surface area contributed by atoms with Crippen LogP contribution in [0, 0.1) is 64.1 Å². The van der Waals surface area contributed by atoms with E-state index < -0.39 is 72.5 Å². The normalized spacial score (nSPS) is 28.7. The monoisotopic (exact) mass is 1320 g/mol. The molecule has 2 aliphatic heterocycles. The van der Waals surface area contributed by atoms with E-state index in [1.807, 2.05) is 55.4 Å². The number of methoxy groups -OCH3 is 2. The molecule has 8 fully saturated rings. The summed E-state index contributed by atoms with van der Waals surface area (Å²) in [5, 5.41) is 40.7. The van der Waals surface area contributed by atoms with Crippen LogP contribution in [0.15, 0.2) is 72.8 Å². The van der Waals surface area contributed by atoms with E-state index in [1.165, 1.54) is 31.1 Å². The second kappa shape index (κ2) is 29.3. The first-order valence-corrected chi connectivity index (χ1v) is 33.8. The highest BCUT2D eigenvalue weighted by molar-refractivity contribution is 5.98. The van der Waals surface area contributed by atoms with Crippen LogP contribution in [-0.2, 0) is 48.1 Å². The summed E-state index contributed by atoms with van der Waals surface area (Å²) < 4.78 is 59.1. The number of ether oxygens (including phenoxy) is 3. The molecule has 0 radical (unpaired) electrons. The number of carbonyl (C=O) groups is 5. The molecule has 8 aliphatic rings. The number of Topliss-reactive ketones (excluding diaryl/α,β-unsaturated/α-hetero) is 2. The second-order valence-electron chi connectivity index (χ2n) is 28.9. The lowest BCUT2D eigenvalue weighted by Crippen LogP contribution is -2.62. The number of nitrogens with zero attached hydrogens (tertiary/aromatic N) is 3. The van der Waals surface area contributed by atoms with Gasteiger partial charge in [-0.2, -0.15) is 23.3 Å². The van der Waals surface area contributed by atoms with Crippen molar-refractivity contribution in [3.05, 3.63) is 101 Å². The summed E-state index contributed by atoms with van der Waals surface area (Å²) in [4.78, 5) is 80.6. The van der Waals surface area contributed by atoms with Gasteiger partial charge in [-0.15, -0.1) is 0 Å². The van der Waals surface area contributed by atoms with E-state index in [-0.39, 0.29) is 95.8 Å². The highest BCUT2D eigenvalue weighted by Gasteiger charge is 2.59. The largest absolute Gasteiger partial charge is 0.496 e. The van der Waals surface area contributed by atoms with Crippen LogP contribution in [0.2, 0.25) is 0 Å². The van der Waals surface area contributed by atoms with Crippen molar-refractivity contribution in [3.63, 3.8) is 0 Å². The fourth-order valence-corrected chi connectivity index (χ4v) is 17.0. The maximum atomic E-state index is 14.4. The Kier molecular flexibility index (Phi) is 22.5. The minimum atomic E-state index is -4.66. The van der Waals surface area contributed by atoms with Gasteiger partial charge in [0.1, 0.15) is 41.9 Å². The van der Waals surface area contributed by atoms with Crippen molar-refractivity contribution in [2.24, 2.45) is 64.1 Å². The Morgan fingerprint density at radius 2 is 1.25 bits per heavy atom. The number of anilines is 1. The summed E-state index contributed by atoms with van der Waals surface area (Å²) in [5.74, 6) is 1.44. The number of hydrogen-bond donors (Lipinski definition) is 5. The average molecular weight is 1320 g/mol. The number of carbonyl (C=O) groups excluding carboxylic acids is 5. The third-order valence-electron chi connectivity index (χ3n) is 22.8. The van der Waals surface area contributed by atoms with Gasteiger partial charge in [0.2, 0.25) is 5.91 Å². The summed E-state index contributed by atoms with van der Waals surface area (Å²) in [6, 6.07) is 18.1. The number of hydrogen-bond acceptors (Lipinski definition) is 16. The highest BCUT2D eigenvalue weighted by atomic mass is 19.4. The number of aliphatic hydroxyl groups excluding tert-OH is 3. The van der Waals surface area contributed by atoms with Crippen LogP contribution in [0.4, 0.5) is 18.9 Å². The Hall–Kier alpha value is -6.46. The van der Waals surface area contributed by atoms with E-state index in [0.717, 1.165) is 47.4 Å². The number of esters is 1. The van der Waals surface area contributed by atoms with E-state index in [2.05, 4.69) is 52.2 Å². The first-order chi connectivity index (χ1) is 44.9. The minimum absolute atomic E-state index is 0.0183. The molecule has 95 heavy (non-hydrogen) atoms. The predicted octanol–water partition coefficient (Wildman–Crippen LogP) is 11.1. The van der Waals surface area contributed by atoms with E-state index in [9.17, 15) is 52.5 Å². The van der Waals surface area contributed by atoms with Crippen LogP contribution in [-0.4, -0.2) is 146 Å². The van der Waals surface area contributed by atoms with Crippen molar-refractivity contribution in [2.45, 2.75) is 176 Å². The van der Waals surface area contributed by atoms with E-state index in [1.54, 1.807) is 65.1 Å². The lowest BCUT2D eigenvalue weighted by atomic mass is 9.43. The molecule has 6 aliphatic carbocycles. The summed E-state index contributed by atoms with van der Waals surface area (Å²) in [7, 11) is 8.44. The number of hydroxylamine groups is 4. The summed E-state index contributed by atoms with van der Waals surface area (Å²) in [5.41, 5.74) is 4.29. The number of aliphatic hydroxyl groups is 3. The number of ketones is 2. The van der Waals surface area contributed by atoms with Gasteiger partial charge in [0.05, 0.1) is 58.1 Å². The molecule has 520 valence electrons. The minimum Gasteiger partial charge on any atom is -0.496 e. The summed E-state index contributed by atoms with van der Waals surface area (Å²) in [6.45, 7) is 19.8. The molecular formula is C74H100F3N5O13. The fourth-order valence-electron chi connectivity index (χ4n) is 17.0. The smallest absolute Gasteiger partial charge is 0.416 e. The van der Waals surface area contributed by atoms with Crippen molar-refractivity contribution in [3.8, 4) is 33.8 Å². The number of benzene rings is 4. The molecule has 0 aromatic heterocycles. The van der Waals surface area contributed by atoms with Gasteiger partial charge in [0.25, 0.3) is 5.91 Å². The van der Waals surface area contributed by atoms with Gasteiger partial charge in [-0.1, -0.05) is 91.8 Å². The second-order valence-corrected chi connectivity index (χ2v) is 28.9. The molecule has 5 N–H and O–H groups in total. The van der Waals surface area contributed by atoms with Crippen LogP contribution >= 0.6 is 0 Å². The summed E-state index contributed by atoms with van der Waals surface area (Å²) in [6.07, 6.45) is -3.03. The SMILES string of the molecule is CCC(=O)O[C@@H](C)[C@H]1[C@H](CO)ON(Cc2cccc(-c3cc(C(=O)NC)cc(N(C)C)c3)c2OC)[C@@H]1C(=O)N[C@H]1C[C@H]2C[C@@H]([C@@H]1C)C2(C)C.CCC(=O)c1cc(-c2cccc(CN3O[C@@H](CO)[C@H]([C@H](C)O)[C@H]3C(=O)C[C@H]3C[C@H]4C[C@@H]([C@@H]3C)C4(C)C)c2OC)cc(C(F)(F)F)c1. The number of halogens is 3. The molecular weight excluding hydrogens is 1220 g/mol. The zero-order valence-electron chi connectivity index (χ0n) is 57.8. The molecule has 21 heteroatoms. The Morgan fingerprint density at radius 1 is 0.716 bits per heavy atom. The van der Waals surface area contributed by atoms with Crippen LogP contribution in [0.3, 0.4) is 0 Å². The Morgan fingerprint density at radius 3 is 1.74 bits per heavy atom. The molecule has 6 saturated carbocycles. The van der Waals surface area contributed by atoms with Crippen LogP contribution in [0.1, 0.15) is 152 Å². The number of amides is 2. The maximum absolute atomic E-state index is 14.4. The molecule has 16 atom stereocenters. The third kappa shape index (κ3) is 14.6. The molecule has 4 aromatic carbocycles. The molecule has 2 heterocycles. The first-order valence-electron chi connectivity index (χ1n) is 33.8. The summed E-state index contributed by atoms with van der Waals surface area (Å²) >= 11 is 0. The van der Waals surface area contributed by atoms with Crippen molar-refractivity contribution in [2.75, 3.05) is 53.5 Å². The molecule has 0 spiro atoms. The Balaban J connectivity index is 0.000000224. The number of nitrogens with one attached hydrogen (secondary N) is 2. The maximum Gasteiger partial charge on any atom is 0.416 e. The third-order valence-corrected chi connectivity index (χ3v) is 22.8. The molecule has 2 saturated heterocycles. The van der Waals surface area contributed by atoms with E-state index in [4.69, 9.17) is 23.9 Å². The Labute approximate surface area is 557 Å². The molecule has 2 amide bonds. The van der Waals surface area contributed by atoms with E-state index >= 15 is 0 Å². The van der Waals surface area contributed by atoms with E-state index in [0.29, 0.717) is 64.4 Å². The topological polar surface area (TPSA) is 226 Å². The number of alkyl halides is 3. The van der Waals surface area contributed by atoms with Crippen molar-refractivity contribution in [1.82, 2.24) is 20.8 Å². The van der Waals surface area contributed by atoms with Gasteiger partial charge in [-0.05, 0) is 139 Å². The quantitative estimate of drug-likeness (QED) is 0.0344. The molecule has 4 bridgehead atoms. The van der Waals surface area contributed by atoms with Crippen LogP contribution in [0.25, 0.3) is 22.3 Å². The zero-order chi connectivity index (χ0) is 69.5. The standard InChI is InChI=1S/C38H54N4O7.C36H46F3NO6/c1-10-32(44)48-22(3)33-31(20-43)49-42(34(33)37(46)40-30-18-26-17-29(21(30)2)38(26,4)5)19-23-12-11-13-28(35(23)47-9)24-14-25(36(45)39-6)16-27(15-24)41(7)8;1-7-29(43)24-11-23(13-26(14-24)36(37,38)39)27-10-8-9-21(34(27)45-6)17-40-33(32(20(3)42)31(18-41)46-40)30(44)15-22-12-25-16-28(19(22)2)35(25,4)5/h11-16,21-22,26,29-31,33-34,43H,10,17-20H2,1-9H3,(H,39,45)(H,40,46);8-11,13-14,19-20,22,25,28,31-33,41-42H,7,12,15-18H2,1-6H3/t21-,22-,26+,29-,30-,31-,33-,34-;19-,20+,22-,25+,28+,31+,32+,33-/m01/s1. The molecule has 0 unspecified atom stereocenters. The van der Waals surface area contributed by atoms with Gasteiger partial charge in [0, 0.05) is 91.4 Å². The molecule has 18 nitrogen and oxygen atoms in total. The molecule has 12 rings (SSSR count). The number of fused-ring (bicyclic) bond motifs is 4. The van der Waals surface area contributed by atoms with Crippen molar-refractivity contribution >= 4 is 35.0 Å². The molecule has 4 aromatic rings. The van der Waals surface area contributed by atoms with Gasteiger partial charge in [-0.3, -0.25) is 33.6 Å². The fraction of sp³-hybridized carbons (Fsp3) is 0.608. The van der Waals surface area contributed by atoms with Gasteiger partial charge >= 0.3 is 12.1 Å². The Bertz CT molecular complexity index is 3450. The first kappa shape index (κ1) is 72.8. The average Bonchev–Trinajstić information content (AvgIpc) is 1.37. The van der Waals surface area contributed by atoms with Crippen molar-refractivity contribution in [1.29, 1.82) is 0 Å². The lowest BCUT2D eigenvalue weighted by Gasteiger charge is -2.62. The van der Waals surface area contributed by atoms with Crippen molar-refractivity contribution < 1.29 is 76.3 Å². The lowest BCUT2D eigenvalue weighted by molar-refractivity contribution is -0.183. The zero-order valence-corrected chi connectivity index (χ0v) is 57.8. The van der Waals surface area contributed by atoms with Gasteiger partial charge in [-0.25, -0.2) is 0 Å². The van der Waals surface area contributed by atoms with Crippen LogP contribution < -0.4 is 25.0 Å². The van der Waals surface area contributed by atoms with Crippen LogP contribution in [0.5, 0.6) is 11.5 Å². The highest BCUT2D eigenvalue weighted by Crippen LogP contribution is 2.64. The predicted molar refractivity (Wildman–Crippen MR) is 355 cm³/mol. The number of para-hydroxylation sites is 2. The number of rotatable bonds is 23. The van der Waals surface area contributed by atoms with Gasteiger partial charge < -0.3 is 45.1 Å².